The van der Waals surface area contributed by atoms with Crippen molar-refractivity contribution in [3.63, 3.8) is 0 Å². The second-order valence-corrected chi connectivity index (χ2v) is 6.47. The van der Waals surface area contributed by atoms with Crippen molar-refractivity contribution in [2.24, 2.45) is 0 Å². The molecule has 0 radical (unpaired) electrons. The summed E-state index contributed by atoms with van der Waals surface area (Å²) in [5, 5.41) is 2.46. The summed E-state index contributed by atoms with van der Waals surface area (Å²) in [6.07, 6.45) is 0. The fraction of sp³-hybridized carbons (Fsp3) is 0.0714. The van der Waals surface area contributed by atoms with Crippen LogP contribution in [0.2, 0.25) is 0 Å². The molecule has 0 aromatic heterocycles. The molecule has 4 nitrogen and oxygen atoms in total. The highest BCUT2D eigenvalue weighted by atomic mass is 79.9. The van der Waals surface area contributed by atoms with Gasteiger partial charge in [0.1, 0.15) is 11.6 Å². The number of nitrogens with two attached hydrogens (primary N) is 1. The topological polar surface area (TPSA) is 72.2 Å². The second-order valence-electron chi connectivity index (χ2n) is 4.20. The second kappa shape index (κ2) is 6.82. The summed E-state index contributed by atoms with van der Waals surface area (Å²) in [5.74, 6) is -1.24. The van der Waals surface area contributed by atoms with Crippen LogP contribution in [-0.4, -0.2) is 15.9 Å². The highest BCUT2D eigenvalue weighted by Crippen LogP contribution is 2.21. The quantitative estimate of drug-likeness (QED) is 0.812. The van der Waals surface area contributed by atoms with Crippen LogP contribution in [-0.2, 0) is 15.6 Å². The molecule has 0 aliphatic heterocycles. The zero-order valence-electron chi connectivity index (χ0n) is 10.8. The van der Waals surface area contributed by atoms with Crippen LogP contribution >= 0.6 is 15.9 Å². The number of halogens is 2. The molecule has 0 spiro atoms. The van der Waals surface area contributed by atoms with Gasteiger partial charge in [-0.25, -0.2) is 4.39 Å². The number of carbonyl (C=O) groups is 1. The summed E-state index contributed by atoms with van der Waals surface area (Å²) in [6, 6.07) is 10.6. The number of nitrogens with one attached hydrogen (secondary N) is 1. The van der Waals surface area contributed by atoms with E-state index in [0.29, 0.717) is 9.37 Å². The van der Waals surface area contributed by atoms with E-state index in [4.69, 9.17) is 5.73 Å². The third-order valence-corrected chi connectivity index (χ3v) is 4.96. The Labute approximate surface area is 132 Å². The van der Waals surface area contributed by atoms with Crippen molar-refractivity contribution in [1.29, 1.82) is 0 Å². The lowest BCUT2D eigenvalue weighted by Gasteiger charge is -2.09. The third-order valence-electron chi connectivity index (χ3n) is 2.63. The van der Waals surface area contributed by atoms with E-state index in [-0.39, 0.29) is 17.1 Å². The van der Waals surface area contributed by atoms with Gasteiger partial charge in [0.15, 0.2) is 0 Å². The van der Waals surface area contributed by atoms with Gasteiger partial charge in [-0.05, 0) is 46.3 Å². The molecule has 3 N–H and O–H groups in total. The average Bonchev–Trinajstić information content (AvgIpc) is 2.43. The number of hydrogen-bond acceptors (Lipinski definition) is 3. The molecule has 1 amide bonds. The molecule has 0 saturated carbocycles. The maximum absolute atomic E-state index is 13.1. The van der Waals surface area contributed by atoms with Crippen molar-refractivity contribution in [2.75, 3.05) is 16.8 Å². The van der Waals surface area contributed by atoms with Crippen LogP contribution in [0.25, 0.3) is 0 Å². The Kier molecular flexibility index (Phi) is 5.08. The molecule has 1 unspecified atom stereocenters. The lowest BCUT2D eigenvalue weighted by molar-refractivity contribution is -0.113. The third kappa shape index (κ3) is 4.12. The van der Waals surface area contributed by atoms with Gasteiger partial charge >= 0.3 is 0 Å². The molecular weight excluding hydrogens is 359 g/mol. The molecule has 7 heteroatoms. The maximum atomic E-state index is 13.1. The Morgan fingerprint density at radius 2 is 2.00 bits per heavy atom. The first-order chi connectivity index (χ1) is 9.97. The summed E-state index contributed by atoms with van der Waals surface area (Å²) < 4.78 is 25.9. The van der Waals surface area contributed by atoms with Crippen LogP contribution in [0, 0.1) is 5.82 Å². The molecule has 1 atom stereocenters. The monoisotopic (exact) mass is 370 g/mol. The van der Waals surface area contributed by atoms with Gasteiger partial charge in [0, 0.05) is 4.47 Å². The van der Waals surface area contributed by atoms with Crippen molar-refractivity contribution in [2.45, 2.75) is 4.90 Å². The van der Waals surface area contributed by atoms with Crippen LogP contribution in [0.5, 0.6) is 0 Å². The Bertz CT molecular complexity index is 709. The molecule has 21 heavy (non-hydrogen) atoms. The SMILES string of the molecule is Nc1ccc(F)cc1NC(=O)CS(=O)c1ccccc1Br. The molecule has 0 heterocycles. The molecule has 0 aliphatic rings. The number of benzene rings is 2. The lowest BCUT2D eigenvalue weighted by Crippen LogP contribution is -2.20. The van der Waals surface area contributed by atoms with E-state index in [1.54, 1.807) is 24.3 Å². The Morgan fingerprint density at radius 1 is 1.29 bits per heavy atom. The van der Waals surface area contributed by atoms with Gasteiger partial charge < -0.3 is 11.1 Å². The van der Waals surface area contributed by atoms with Crippen LogP contribution < -0.4 is 11.1 Å². The maximum Gasteiger partial charge on any atom is 0.237 e. The predicted octanol–water partition coefficient (Wildman–Crippen LogP) is 2.92. The molecule has 2 aromatic rings. The van der Waals surface area contributed by atoms with E-state index < -0.39 is 22.5 Å². The number of rotatable bonds is 4. The van der Waals surface area contributed by atoms with Crippen molar-refractivity contribution in [3.8, 4) is 0 Å². The average molecular weight is 371 g/mol. The molecule has 110 valence electrons. The van der Waals surface area contributed by atoms with Crippen molar-refractivity contribution in [1.82, 2.24) is 0 Å². The standard InChI is InChI=1S/C14H12BrFN2O2S/c15-10-3-1-2-4-13(10)21(20)8-14(19)18-12-7-9(16)5-6-11(12)17/h1-7H,8,17H2,(H,18,19). The van der Waals surface area contributed by atoms with Gasteiger partial charge in [0.25, 0.3) is 0 Å². The minimum Gasteiger partial charge on any atom is -0.397 e. The van der Waals surface area contributed by atoms with Gasteiger partial charge in [-0.1, -0.05) is 12.1 Å². The zero-order valence-corrected chi connectivity index (χ0v) is 13.2. The fourth-order valence-electron chi connectivity index (χ4n) is 1.65. The lowest BCUT2D eigenvalue weighted by atomic mass is 10.2. The van der Waals surface area contributed by atoms with E-state index in [0.717, 1.165) is 6.07 Å². The Morgan fingerprint density at radius 3 is 2.71 bits per heavy atom. The number of nitrogen functional groups attached to an aromatic ring is 1. The largest absolute Gasteiger partial charge is 0.397 e. The van der Waals surface area contributed by atoms with Gasteiger partial charge in [-0.2, -0.15) is 0 Å². The van der Waals surface area contributed by atoms with Gasteiger partial charge in [-0.15, -0.1) is 0 Å². The predicted molar refractivity (Wildman–Crippen MR) is 84.9 cm³/mol. The molecule has 0 aliphatic carbocycles. The molecule has 0 bridgehead atoms. The van der Waals surface area contributed by atoms with E-state index in [1.165, 1.54) is 12.1 Å². The summed E-state index contributed by atoms with van der Waals surface area (Å²) in [5.41, 5.74) is 6.06. The van der Waals surface area contributed by atoms with Gasteiger partial charge in [0.05, 0.1) is 27.1 Å². The number of carbonyl (C=O) groups excluding carboxylic acids is 1. The van der Waals surface area contributed by atoms with Crippen molar-refractivity contribution >= 4 is 44.0 Å². The minimum atomic E-state index is -1.50. The fourth-order valence-corrected chi connectivity index (χ4v) is 3.46. The minimum absolute atomic E-state index is 0.170. The highest BCUT2D eigenvalue weighted by Gasteiger charge is 2.14. The van der Waals surface area contributed by atoms with Gasteiger partial charge in [0.2, 0.25) is 5.91 Å². The normalized spacial score (nSPS) is 11.9. The summed E-state index contributed by atoms with van der Waals surface area (Å²) in [7, 11) is -1.50. The van der Waals surface area contributed by atoms with Crippen molar-refractivity contribution < 1.29 is 13.4 Å². The first-order valence-corrected chi connectivity index (χ1v) is 8.06. The number of hydrogen-bond donors (Lipinski definition) is 2. The molecule has 2 aromatic carbocycles. The van der Waals surface area contributed by atoms with Crippen LogP contribution in [0.3, 0.4) is 0 Å². The number of anilines is 2. The van der Waals surface area contributed by atoms with Crippen LogP contribution in [0.4, 0.5) is 15.8 Å². The Hall–Kier alpha value is -1.73. The summed E-state index contributed by atoms with van der Waals surface area (Å²) in [6.45, 7) is 0. The molecule has 0 saturated heterocycles. The molecule has 0 fully saturated rings. The van der Waals surface area contributed by atoms with Gasteiger partial charge in [-0.3, -0.25) is 9.00 Å². The number of amides is 1. The molecule has 2 rings (SSSR count). The summed E-state index contributed by atoms with van der Waals surface area (Å²) >= 11 is 3.28. The van der Waals surface area contributed by atoms with Crippen LogP contribution in [0.15, 0.2) is 51.8 Å². The Balaban J connectivity index is 2.07. The van der Waals surface area contributed by atoms with E-state index in [9.17, 15) is 13.4 Å². The smallest absolute Gasteiger partial charge is 0.237 e. The molecular formula is C14H12BrFN2O2S. The zero-order chi connectivity index (χ0) is 15.4. The van der Waals surface area contributed by atoms with E-state index in [1.807, 2.05) is 0 Å². The van der Waals surface area contributed by atoms with E-state index in [2.05, 4.69) is 21.2 Å². The first-order valence-electron chi connectivity index (χ1n) is 5.95. The first kappa shape index (κ1) is 15.7. The van der Waals surface area contributed by atoms with Crippen LogP contribution in [0.1, 0.15) is 0 Å². The van der Waals surface area contributed by atoms with E-state index >= 15 is 0 Å². The van der Waals surface area contributed by atoms with Crippen molar-refractivity contribution in [3.05, 3.63) is 52.8 Å². The summed E-state index contributed by atoms with van der Waals surface area (Å²) in [4.78, 5) is 12.4. The highest BCUT2D eigenvalue weighted by molar-refractivity contribution is 9.10.